The number of aliphatic hydroxyl groups is 1. The van der Waals surface area contributed by atoms with Crippen LogP contribution in [-0.2, 0) is 0 Å². The summed E-state index contributed by atoms with van der Waals surface area (Å²) in [6, 6.07) is 0. The molecule has 0 radical (unpaired) electrons. The van der Waals surface area contributed by atoms with E-state index in [0.717, 1.165) is 14.1 Å². The fraction of sp³-hybridized carbons (Fsp3) is 1.00. The maximum absolute atomic E-state index is 13.8. The van der Waals surface area contributed by atoms with Crippen LogP contribution in [0.25, 0.3) is 0 Å². The van der Waals surface area contributed by atoms with Crippen LogP contribution in [0.5, 0.6) is 0 Å². The SMILES string of the molecule is CN(C)CC(O)CC(F)(F)C(F)(F)C(F)(F)C(F)(F)C(F)(F)C(F)(F)C(F)(F)C(F)(F)C(F)(F)C(F)(F)C(F)(F)C(F)(F)F. The van der Waals surface area contributed by atoms with Gasteiger partial charge in [0.15, 0.2) is 0 Å². The molecule has 0 heterocycles. The monoisotopic (exact) mass is 721 g/mol. The number of rotatable bonds is 14. The topological polar surface area (TPSA) is 23.5 Å². The lowest BCUT2D eigenvalue weighted by atomic mass is 9.84. The van der Waals surface area contributed by atoms with E-state index in [1.165, 1.54) is 0 Å². The number of alkyl halides is 25. The predicted molar refractivity (Wildman–Crippen MR) is 89.6 cm³/mol. The molecule has 2 nitrogen and oxygen atoms in total. The zero-order valence-corrected chi connectivity index (χ0v) is 20.3. The maximum atomic E-state index is 13.8. The van der Waals surface area contributed by atoms with Crippen molar-refractivity contribution in [3.63, 3.8) is 0 Å². The highest BCUT2D eigenvalue weighted by molar-refractivity contribution is 5.19. The van der Waals surface area contributed by atoms with Crippen LogP contribution in [0.2, 0.25) is 0 Å². The standard InChI is InChI=1S/C17H12F25NO/c1-43(2)4-5(44)3-6(18,19)7(20,21)8(22,23)9(24,25)10(26,27)11(28,29)12(30,31)13(32,33)14(34,35)15(36,37)16(38,39)17(40,41)42/h5,44H,3-4H2,1-2H3. The second-order valence-electron chi connectivity index (χ2n) is 9.07. The highest BCUT2D eigenvalue weighted by Gasteiger charge is 2.99. The Kier molecular flexibility index (Phi) is 10.4. The molecule has 0 fully saturated rings. The molecule has 0 amide bonds. The largest absolute Gasteiger partial charge is 0.460 e. The smallest absolute Gasteiger partial charge is 0.392 e. The van der Waals surface area contributed by atoms with E-state index in [4.69, 9.17) is 5.11 Å². The Balaban J connectivity index is 7.22. The Labute approximate surface area is 225 Å². The summed E-state index contributed by atoms with van der Waals surface area (Å²) in [5, 5.41) is 9.13. The molecule has 0 saturated carbocycles. The Morgan fingerprint density at radius 2 is 0.591 bits per heavy atom. The van der Waals surface area contributed by atoms with Gasteiger partial charge in [-0.3, -0.25) is 0 Å². The van der Waals surface area contributed by atoms with Crippen LogP contribution in [0, 0.1) is 0 Å². The molecule has 44 heavy (non-hydrogen) atoms. The third-order valence-electron chi connectivity index (χ3n) is 5.43. The van der Waals surface area contributed by atoms with Crippen molar-refractivity contribution in [1.29, 1.82) is 0 Å². The van der Waals surface area contributed by atoms with Gasteiger partial charge < -0.3 is 10.0 Å². The average Bonchev–Trinajstić information content (AvgIpc) is 2.75. The number of nitrogens with zero attached hydrogens (tertiary/aromatic N) is 1. The first-order valence-electron chi connectivity index (χ1n) is 10.1. The molecular formula is C17H12F25NO. The normalized spacial score (nSPS) is 17.4. The summed E-state index contributed by atoms with van der Waals surface area (Å²) in [6.45, 7) is -1.25. The summed E-state index contributed by atoms with van der Waals surface area (Å²) < 4.78 is 334. The summed E-state index contributed by atoms with van der Waals surface area (Å²) in [7, 11) is 1.68. The van der Waals surface area contributed by atoms with E-state index in [9.17, 15) is 110 Å². The molecular weight excluding hydrogens is 709 g/mol. The number of hydrogen-bond acceptors (Lipinski definition) is 2. The van der Waals surface area contributed by atoms with Crippen LogP contribution < -0.4 is 0 Å². The molecule has 1 atom stereocenters. The summed E-state index contributed by atoms with van der Waals surface area (Å²) in [6.07, 6.45) is -14.3. The molecule has 266 valence electrons. The Hall–Kier alpha value is -1.83. The molecule has 0 aliphatic carbocycles. The molecule has 0 aliphatic heterocycles. The maximum Gasteiger partial charge on any atom is 0.460 e. The van der Waals surface area contributed by atoms with Crippen LogP contribution in [0.4, 0.5) is 110 Å². The van der Waals surface area contributed by atoms with Crippen molar-refractivity contribution in [3.05, 3.63) is 0 Å². The van der Waals surface area contributed by atoms with E-state index < -0.39 is 90.4 Å². The predicted octanol–water partition coefficient (Wildman–Crippen LogP) is 7.85. The minimum absolute atomic E-state index is 0.590. The van der Waals surface area contributed by atoms with Crippen molar-refractivity contribution in [2.45, 2.75) is 83.8 Å². The first-order chi connectivity index (χ1) is 18.6. The Bertz CT molecular complexity index is 1010. The van der Waals surface area contributed by atoms with Crippen molar-refractivity contribution < 1.29 is 115 Å². The molecule has 0 aromatic carbocycles. The van der Waals surface area contributed by atoms with E-state index >= 15 is 0 Å². The van der Waals surface area contributed by atoms with Crippen molar-refractivity contribution in [2.75, 3.05) is 20.6 Å². The fourth-order valence-electron chi connectivity index (χ4n) is 2.90. The van der Waals surface area contributed by atoms with Gasteiger partial charge in [-0.1, -0.05) is 0 Å². The van der Waals surface area contributed by atoms with E-state index in [-0.39, 0.29) is 0 Å². The van der Waals surface area contributed by atoms with E-state index in [1.54, 1.807) is 0 Å². The second kappa shape index (κ2) is 10.9. The van der Waals surface area contributed by atoms with Gasteiger partial charge in [0.05, 0.1) is 6.10 Å². The molecule has 0 aliphatic rings. The molecule has 0 rings (SSSR count). The lowest BCUT2D eigenvalue weighted by Crippen LogP contribution is -2.78. The van der Waals surface area contributed by atoms with Crippen LogP contribution in [0.15, 0.2) is 0 Å². The van der Waals surface area contributed by atoms with Gasteiger partial charge in [0.25, 0.3) is 0 Å². The third kappa shape index (κ3) is 5.47. The van der Waals surface area contributed by atoms with Crippen molar-refractivity contribution in [3.8, 4) is 0 Å². The third-order valence-corrected chi connectivity index (χ3v) is 5.43. The van der Waals surface area contributed by atoms with Crippen LogP contribution in [-0.4, -0.2) is 108 Å². The number of likely N-dealkylation sites (N-methyl/N-ethyl adjacent to an activating group) is 1. The van der Waals surface area contributed by atoms with Crippen molar-refractivity contribution in [1.82, 2.24) is 4.90 Å². The van der Waals surface area contributed by atoms with E-state index in [0.29, 0.717) is 4.90 Å². The summed E-state index contributed by atoms with van der Waals surface area (Å²) in [5.41, 5.74) is 0. The first-order valence-corrected chi connectivity index (χ1v) is 10.1. The summed E-state index contributed by atoms with van der Waals surface area (Å²) >= 11 is 0. The van der Waals surface area contributed by atoms with Gasteiger partial charge in [-0.2, -0.15) is 110 Å². The highest BCUT2D eigenvalue weighted by atomic mass is 19.4. The minimum Gasteiger partial charge on any atom is -0.392 e. The number of halogens is 25. The Morgan fingerprint density at radius 3 is 0.795 bits per heavy atom. The minimum atomic E-state index is -9.61. The number of aliphatic hydroxyl groups excluding tert-OH is 1. The summed E-state index contributed by atoms with van der Waals surface area (Å²) in [4.78, 5) is 0.590. The number of hydrogen-bond donors (Lipinski definition) is 1. The lowest BCUT2D eigenvalue weighted by molar-refractivity contribution is -0.482. The molecule has 0 bridgehead atoms. The van der Waals surface area contributed by atoms with Gasteiger partial charge >= 0.3 is 71.3 Å². The molecule has 0 aromatic rings. The first kappa shape index (κ1) is 42.2. The van der Waals surface area contributed by atoms with Gasteiger partial charge in [0.1, 0.15) is 0 Å². The second-order valence-corrected chi connectivity index (χ2v) is 9.07. The van der Waals surface area contributed by atoms with Crippen LogP contribution >= 0.6 is 0 Å². The summed E-state index contributed by atoms with van der Waals surface area (Å²) in [5.74, 6) is -98.7. The fourth-order valence-corrected chi connectivity index (χ4v) is 2.90. The van der Waals surface area contributed by atoms with Gasteiger partial charge in [-0.05, 0) is 14.1 Å². The molecule has 0 saturated heterocycles. The average molecular weight is 721 g/mol. The molecule has 1 N–H and O–H groups in total. The van der Waals surface area contributed by atoms with Crippen molar-refractivity contribution >= 4 is 0 Å². The zero-order chi connectivity index (χ0) is 36.6. The Morgan fingerprint density at radius 1 is 0.386 bits per heavy atom. The van der Waals surface area contributed by atoms with Crippen LogP contribution in [0.1, 0.15) is 6.42 Å². The van der Waals surface area contributed by atoms with Crippen LogP contribution in [0.3, 0.4) is 0 Å². The molecule has 1 unspecified atom stereocenters. The lowest BCUT2D eigenvalue weighted by Gasteiger charge is -2.45. The van der Waals surface area contributed by atoms with Gasteiger partial charge in [-0.15, -0.1) is 0 Å². The van der Waals surface area contributed by atoms with E-state index in [1.807, 2.05) is 0 Å². The zero-order valence-electron chi connectivity index (χ0n) is 20.3. The quantitative estimate of drug-likeness (QED) is 0.185. The molecule has 27 heteroatoms. The van der Waals surface area contributed by atoms with E-state index in [2.05, 4.69) is 0 Å². The molecule has 0 aromatic heterocycles. The molecule has 0 spiro atoms. The highest BCUT2D eigenvalue weighted by Crippen LogP contribution is 2.67. The van der Waals surface area contributed by atoms with Gasteiger partial charge in [0, 0.05) is 13.0 Å². The van der Waals surface area contributed by atoms with Gasteiger partial charge in [0.2, 0.25) is 0 Å². The van der Waals surface area contributed by atoms with Crippen molar-refractivity contribution in [2.24, 2.45) is 0 Å². The van der Waals surface area contributed by atoms with Gasteiger partial charge in [-0.25, -0.2) is 0 Å².